The van der Waals surface area contributed by atoms with Crippen molar-refractivity contribution in [3.05, 3.63) is 46.8 Å². The van der Waals surface area contributed by atoms with Gasteiger partial charge >= 0.3 is 0 Å². The zero-order valence-corrected chi connectivity index (χ0v) is 16.9. The van der Waals surface area contributed by atoms with Gasteiger partial charge in [0, 0.05) is 5.69 Å². The van der Waals surface area contributed by atoms with Gasteiger partial charge in [-0.2, -0.15) is 0 Å². The maximum absolute atomic E-state index is 12.7. The van der Waals surface area contributed by atoms with E-state index in [2.05, 4.69) is 40.4 Å². The first-order valence-electron chi connectivity index (χ1n) is 8.49. The standard InChI is InChI=1S/C19H22N4OS2/c1-11(2)14-8-5-7-12(3)16(14)20-18(24)13(4)26-19-21-17(22-23-19)15-9-6-10-25-15/h5-11,13H,1-4H3,(H,20,24)(H,21,22,23). The van der Waals surface area contributed by atoms with Crippen LogP contribution in [0.15, 0.2) is 40.9 Å². The maximum Gasteiger partial charge on any atom is 0.237 e. The van der Waals surface area contributed by atoms with Gasteiger partial charge in [0.15, 0.2) is 5.82 Å². The number of aryl methyl sites for hydroxylation is 1. The largest absolute Gasteiger partial charge is 0.325 e. The van der Waals surface area contributed by atoms with Crippen molar-refractivity contribution >= 4 is 34.7 Å². The second-order valence-corrected chi connectivity index (χ2v) is 8.64. The monoisotopic (exact) mass is 386 g/mol. The molecule has 0 saturated heterocycles. The molecule has 136 valence electrons. The number of anilines is 1. The van der Waals surface area contributed by atoms with Gasteiger partial charge in [0.25, 0.3) is 0 Å². The van der Waals surface area contributed by atoms with Gasteiger partial charge < -0.3 is 5.32 Å². The number of aromatic amines is 1. The minimum atomic E-state index is -0.304. The summed E-state index contributed by atoms with van der Waals surface area (Å²) >= 11 is 2.95. The van der Waals surface area contributed by atoms with Crippen LogP contribution in [0.1, 0.15) is 37.8 Å². The van der Waals surface area contributed by atoms with Crippen molar-refractivity contribution in [3.8, 4) is 10.7 Å². The van der Waals surface area contributed by atoms with Crippen LogP contribution in [-0.4, -0.2) is 26.3 Å². The highest BCUT2D eigenvalue weighted by atomic mass is 32.2. The lowest BCUT2D eigenvalue weighted by atomic mass is 9.98. The quantitative estimate of drug-likeness (QED) is 0.579. The molecule has 3 aromatic rings. The molecule has 1 amide bonds. The number of benzene rings is 1. The van der Waals surface area contributed by atoms with Crippen molar-refractivity contribution in [3.63, 3.8) is 0 Å². The Morgan fingerprint density at radius 2 is 2.04 bits per heavy atom. The number of para-hydroxylation sites is 1. The fourth-order valence-electron chi connectivity index (χ4n) is 2.60. The smallest absolute Gasteiger partial charge is 0.237 e. The highest BCUT2D eigenvalue weighted by molar-refractivity contribution is 8.00. The molecule has 5 nitrogen and oxygen atoms in total. The molecule has 26 heavy (non-hydrogen) atoms. The highest BCUT2D eigenvalue weighted by Crippen LogP contribution is 2.29. The molecule has 0 aliphatic rings. The van der Waals surface area contributed by atoms with E-state index in [1.54, 1.807) is 11.3 Å². The van der Waals surface area contributed by atoms with Gasteiger partial charge in [-0.05, 0) is 42.3 Å². The third-order valence-electron chi connectivity index (χ3n) is 4.05. The van der Waals surface area contributed by atoms with E-state index < -0.39 is 0 Å². The number of carbonyl (C=O) groups excluding carboxylic acids is 1. The third-order valence-corrected chi connectivity index (χ3v) is 5.88. The number of H-pyrrole nitrogens is 1. The highest BCUT2D eigenvalue weighted by Gasteiger charge is 2.20. The molecular formula is C19H22N4OS2. The molecule has 3 rings (SSSR count). The molecule has 1 aromatic carbocycles. The molecule has 2 aromatic heterocycles. The van der Waals surface area contributed by atoms with Crippen LogP contribution in [0.4, 0.5) is 5.69 Å². The number of nitrogens with zero attached hydrogens (tertiary/aromatic N) is 2. The topological polar surface area (TPSA) is 70.7 Å². The van der Waals surface area contributed by atoms with Gasteiger partial charge in [0.1, 0.15) is 0 Å². The second kappa shape index (κ2) is 8.05. The van der Waals surface area contributed by atoms with E-state index in [1.165, 1.54) is 11.8 Å². The number of hydrogen-bond acceptors (Lipinski definition) is 5. The first-order valence-corrected chi connectivity index (χ1v) is 10.2. The predicted molar refractivity (Wildman–Crippen MR) is 109 cm³/mol. The summed E-state index contributed by atoms with van der Waals surface area (Å²) in [6.45, 7) is 8.14. The van der Waals surface area contributed by atoms with E-state index in [9.17, 15) is 4.79 Å². The summed E-state index contributed by atoms with van der Waals surface area (Å²) in [7, 11) is 0. The average molecular weight is 387 g/mol. The normalized spacial score (nSPS) is 12.3. The van der Waals surface area contributed by atoms with Gasteiger partial charge in [0.05, 0.1) is 10.1 Å². The molecule has 0 radical (unpaired) electrons. The Hall–Kier alpha value is -2.12. The van der Waals surface area contributed by atoms with E-state index in [0.717, 1.165) is 27.5 Å². The minimum absolute atomic E-state index is 0.0475. The third kappa shape index (κ3) is 4.16. The fraction of sp³-hybridized carbons (Fsp3) is 0.316. The van der Waals surface area contributed by atoms with Crippen molar-refractivity contribution in [1.29, 1.82) is 0 Å². The van der Waals surface area contributed by atoms with Crippen LogP contribution in [0.5, 0.6) is 0 Å². The van der Waals surface area contributed by atoms with Crippen LogP contribution in [0, 0.1) is 6.92 Å². The van der Waals surface area contributed by atoms with Gasteiger partial charge in [-0.15, -0.1) is 16.4 Å². The number of aromatic nitrogens is 3. The summed E-state index contributed by atoms with van der Waals surface area (Å²) in [5.74, 6) is 1.03. The molecule has 2 N–H and O–H groups in total. The van der Waals surface area contributed by atoms with Crippen LogP contribution < -0.4 is 5.32 Å². The van der Waals surface area contributed by atoms with Crippen LogP contribution in [-0.2, 0) is 4.79 Å². The number of thioether (sulfide) groups is 1. The Balaban J connectivity index is 1.69. The Bertz CT molecular complexity index is 887. The van der Waals surface area contributed by atoms with E-state index in [4.69, 9.17) is 0 Å². The number of amides is 1. The van der Waals surface area contributed by atoms with Crippen LogP contribution in [0.2, 0.25) is 0 Å². The van der Waals surface area contributed by atoms with Gasteiger partial charge in [0.2, 0.25) is 11.1 Å². The van der Waals surface area contributed by atoms with E-state index in [-0.39, 0.29) is 11.2 Å². The second-order valence-electron chi connectivity index (χ2n) is 6.39. The molecule has 0 spiro atoms. The lowest BCUT2D eigenvalue weighted by Crippen LogP contribution is -2.24. The maximum atomic E-state index is 12.7. The van der Waals surface area contributed by atoms with Gasteiger partial charge in [-0.1, -0.05) is 49.9 Å². The number of nitrogens with one attached hydrogen (secondary N) is 2. The van der Waals surface area contributed by atoms with Crippen LogP contribution >= 0.6 is 23.1 Å². The summed E-state index contributed by atoms with van der Waals surface area (Å²) in [5.41, 5.74) is 3.13. The number of carbonyl (C=O) groups is 1. The van der Waals surface area contributed by atoms with Crippen molar-refractivity contribution in [2.24, 2.45) is 0 Å². The molecule has 0 fully saturated rings. The molecule has 0 saturated carbocycles. The first kappa shape index (κ1) is 18.7. The zero-order valence-electron chi connectivity index (χ0n) is 15.2. The molecule has 2 heterocycles. The Kier molecular flexibility index (Phi) is 5.78. The first-order chi connectivity index (χ1) is 12.5. The lowest BCUT2D eigenvalue weighted by molar-refractivity contribution is -0.115. The van der Waals surface area contributed by atoms with Crippen molar-refractivity contribution in [2.45, 2.75) is 44.0 Å². The lowest BCUT2D eigenvalue weighted by Gasteiger charge is -2.18. The summed E-state index contributed by atoms with van der Waals surface area (Å²) in [5, 5.41) is 12.5. The molecule has 1 atom stereocenters. The van der Waals surface area contributed by atoms with E-state index >= 15 is 0 Å². The fourth-order valence-corrected chi connectivity index (χ4v) is 3.99. The Morgan fingerprint density at radius 3 is 2.73 bits per heavy atom. The van der Waals surface area contributed by atoms with E-state index in [1.807, 2.05) is 43.5 Å². The van der Waals surface area contributed by atoms with Crippen LogP contribution in [0.3, 0.4) is 0 Å². The van der Waals surface area contributed by atoms with Crippen molar-refractivity contribution < 1.29 is 4.79 Å². The van der Waals surface area contributed by atoms with Crippen molar-refractivity contribution in [2.75, 3.05) is 5.32 Å². The van der Waals surface area contributed by atoms with E-state index in [0.29, 0.717) is 11.1 Å². The Labute approximate surface area is 161 Å². The number of thiophene rings is 1. The molecule has 0 aliphatic heterocycles. The van der Waals surface area contributed by atoms with Crippen molar-refractivity contribution in [1.82, 2.24) is 15.2 Å². The molecule has 7 heteroatoms. The SMILES string of the molecule is Cc1cccc(C(C)C)c1NC(=O)C(C)Sc1n[nH]c(-c2cccs2)n1. The van der Waals surface area contributed by atoms with Gasteiger partial charge in [-0.3, -0.25) is 9.89 Å². The molecule has 1 unspecified atom stereocenters. The van der Waals surface area contributed by atoms with Crippen LogP contribution in [0.25, 0.3) is 10.7 Å². The van der Waals surface area contributed by atoms with Gasteiger partial charge in [-0.25, -0.2) is 4.98 Å². The molecular weight excluding hydrogens is 364 g/mol. The molecule has 0 aliphatic carbocycles. The molecule has 0 bridgehead atoms. The summed E-state index contributed by atoms with van der Waals surface area (Å²) in [6, 6.07) is 10.1. The summed E-state index contributed by atoms with van der Waals surface area (Å²) < 4.78 is 0. The minimum Gasteiger partial charge on any atom is -0.325 e. The summed E-state index contributed by atoms with van der Waals surface area (Å²) in [4.78, 5) is 18.2. The zero-order chi connectivity index (χ0) is 18.7. The number of rotatable bonds is 6. The predicted octanol–water partition coefficient (Wildman–Crippen LogP) is 5.08. The Morgan fingerprint density at radius 1 is 1.23 bits per heavy atom. The number of hydrogen-bond donors (Lipinski definition) is 2. The summed E-state index contributed by atoms with van der Waals surface area (Å²) in [6.07, 6.45) is 0. The average Bonchev–Trinajstić information content (AvgIpc) is 3.27.